The molecular weight excluding hydrogens is 276 g/mol. The normalized spacial score (nSPS) is 10.5. The summed E-state index contributed by atoms with van der Waals surface area (Å²) in [6.07, 6.45) is 0. The number of hydrogen-bond acceptors (Lipinski definition) is 2. The van der Waals surface area contributed by atoms with Gasteiger partial charge in [-0.25, -0.2) is 4.99 Å². The molecule has 0 fully saturated rings. The van der Waals surface area contributed by atoms with E-state index in [-0.39, 0.29) is 11.8 Å². The van der Waals surface area contributed by atoms with Crippen LogP contribution in [0, 0.1) is 5.41 Å². The van der Waals surface area contributed by atoms with E-state index in [9.17, 15) is 0 Å². The molecule has 0 aliphatic rings. The van der Waals surface area contributed by atoms with Crippen LogP contribution >= 0.6 is 0 Å². The van der Waals surface area contributed by atoms with Gasteiger partial charge in [-0.05, 0) is 23.8 Å². The molecule has 3 aromatic rings. The Labute approximate surface area is 127 Å². The summed E-state index contributed by atoms with van der Waals surface area (Å²) in [5.41, 5.74) is 20.6. The van der Waals surface area contributed by atoms with E-state index in [0.717, 1.165) is 22.2 Å². The Hall–Kier alpha value is -3.28. The number of amidine groups is 1. The zero-order valence-corrected chi connectivity index (χ0v) is 11.8. The third-order valence-corrected chi connectivity index (χ3v) is 3.37. The lowest BCUT2D eigenvalue weighted by Crippen LogP contribution is -2.21. The van der Waals surface area contributed by atoms with Crippen molar-refractivity contribution in [3.05, 3.63) is 54.1 Å². The number of aliphatic imine (C=N–C) groups is 1. The lowest BCUT2D eigenvalue weighted by atomic mass is 10.1. The molecule has 0 amide bonds. The van der Waals surface area contributed by atoms with Crippen molar-refractivity contribution in [2.24, 2.45) is 22.2 Å². The molecular formula is C16H16N6. The molecule has 6 heteroatoms. The summed E-state index contributed by atoms with van der Waals surface area (Å²) < 4.78 is 0. The van der Waals surface area contributed by atoms with E-state index in [1.165, 1.54) is 0 Å². The number of nitrogens with one attached hydrogen (secondary N) is 2. The van der Waals surface area contributed by atoms with Crippen molar-refractivity contribution in [3.8, 4) is 11.3 Å². The lowest BCUT2D eigenvalue weighted by molar-refractivity contribution is 1.40. The first-order chi connectivity index (χ1) is 10.5. The van der Waals surface area contributed by atoms with Crippen LogP contribution in [0.1, 0.15) is 5.56 Å². The fourth-order valence-electron chi connectivity index (χ4n) is 2.32. The molecule has 1 heterocycles. The van der Waals surface area contributed by atoms with E-state index in [1.807, 2.05) is 42.5 Å². The SMILES string of the molecule is N=C(N)c1ccc(-c2cc3ccc(N=C(N)N)cc3[nH]2)cc1. The molecule has 0 aliphatic carbocycles. The molecule has 0 saturated heterocycles. The van der Waals surface area contributed by atoms with Crippen molar-refractivity contribution in [3.63, 3.8) is 0 Å². The highest BCUT2D eigenvalue weighted by Gasteiger charge is 2.05. The first-order valence-corrected chi connectivity index (χ1v) is 6.70. The predicted molar refractivity (Wildman–Crippen MR) is 90.2 cm³/mol. The Balaban J connectivity index is 2.01. The first-order valence-electron chi connectivity index (χ1n) is 6.70. The largest absolute Gasteiger partial charge is 0.384 e. The molecule has 0 saturated carbocycles. The monoisotopic (exact) mass is 292 g/mol. The van der Waals surface area contributed by atoms with Gasteiger partial charge >= 0.3 is 0 Å². The van der Waals surface area contributed by atoms with Crippen LogP contribution in [0.3, 0.4) is 0 Å². The van der Waals surface area contributed by atoms with Gasteiger partial charge in [0.05, 0.1) is 5.69 Å². The average Bonchev–Trinajstić information content (AvgIpc) is 2.90. The van der Waals surface area contributed by atoms with Gasteiger partial charge in [-0.1, -0.05) is 30.3 Å². The van der Waals surface area contributed by atoms with Crippen LogP contribution in [0.5, 0.6) is 0 Å². The summed E-state index contributed by atoms with van der Waals surface area (Å²) in [6, 6.07) is 15.3. The predicted octanol–water partition coefficient (Wildman–Crippen LogP) is 2.02. The highest BCUT2D eigenvalue weighted by atomic mass is 15.0. The summed E-state index contributed by atoms with van der Waals surface area (Å²) in [4.78, 5) is 7.38. The molecule has 8 N–H and O–H groups in total. The molecule has 0 bridgehead atoms. The van der Waals surface area contributed by atoms with Crippen LogP contribution in [0.2, 0.25) is 0 Å². The van der Waals surface area contributed by atoms with Gasteiger partial charge in [-0.15, -0.1) is 0 Å². The van der Waals surface area contributed by atoms with E-state index in [1.54, 1.807) is 0 Å². The maximum atomic E-state index is 7.41. The van der Waals surface area contributed by atoms with Crippen molar-refractivity contribution in [2.75, 3.05) is 0 Å². The number of nitrogen functional groups attached to an aromatic ring is 1. The van der Waals surface area contributed by atoms with Crippen molar-refractivity contribution < 1.29 is 0 Å². The van der Waals surface area contributed by atoms with Gasteiger partial charge in [0.2, 0.25) is 0 Å². The highest BCUT2D eigenvalue weighted by molar-refractivity contribution is 5.95. The van der Waals surface area contributed by atoms with Crippen LogP contribution < -0.4 is 17.2 Å². The van der Waals surface area contributed by atoms with Crippen LogP contribution in [0.25, 0.3) is 22.2 Å². The number of hydrogen-bond donors (Lipinski definition) is 5. The zero-order chi connectivity index (χ0) is 15.7. The quantitative estimate of drug-likeness (QED) is 0.374. The molecule has 22 heavy (non-hydrogen) atoms. The fraction of sp³-hybridized carbons (Fsp3) is 0. The number of fused-ring (bicyclic) bond motifs is 1. The van der Waals surface area contributed by atoms with E-state index >= 15 is 0 Å². The molecule has 1 aromatic heterocycles. The van der Waals surface area contributed by atoms with Crippen molar-refractivity contribution >= 4 is 28.4 Å². The van der Waals surface area contributed by atoms with Gasteiger partial charge in [0.1, 0.15) is 5.84 Å². The lowest BCUT2D eigenvalue weighted by Gasteiger charge is -2.00. The third kappa shape index (κ3) is 2.62. The smallest absolute Gasteiger partial charge is 0.191 e. The summed E-state index contributed by atoms with van der Waals surface area (Å²) in [5, 5.41) is 8.48. The van der Waals surface area contributed by atoms with E-state index < -0.39 is 0 Å². The molecule has 0 atom stereocenters. The highest BCUT2D eigenvalue weighted by Crippen LogP contribution is 2.27. The molecule has 0 aliphatic heterocycles. The minimum absolute atomic E-state index is 0.0333. The standard InChI is InChI=1S/C16H16N6/c17-15(18)10-3-1-9(2-4-10)13-7-11-5-6-12(21-16(19)20)8-14(11)22-13/h1-8,22H,(H3,17,18)(H4,19,20,21). The number of aromatic nitrogens is 1. The van der Waals surface area contributed by atoms with E-state index in [4.69, 9.17) is 22.6 Å². The second-order valence-electron chi connectivity index (χ2n) is 4.98. The third-order valence-electron chi connectivity index (χ3n) is 3.37. The summed E-state index contributed by atoms with van der Waals surface area (Å²) in [6.45, 7) is 0. The van der Waals surface area contributed by atoms with Gasteiger partial charge < -0.3 is 22.2 Å². The molecule has 110 valence electrons. The number of guanidine groups is 1. The maximum absolute atomic E-state index is 7.41. The van der Waals surface area contributed by atoms with Gasteiger partial charge in [-0.3, -0.25) is 5.41 Å². The van der Waals surface area contributed by atoms with Gasteiger partial charge in [-0.2, -0.15) is 0 Å². The Kier molecular flexibility index (Phi) is 3.27. The summed E-state index contributed by atoms with van der Waals surface area (Å²) >= 11 is 0. The molecule has 6 nitrogen and oxygen atoms in total. The van der Waals surface area contributed by atoms with Crippen molar-refractivity contribution in [2.45, 2.75) is 0 Å². The molecule has 2 aromatic carbocycles. The van der Waals surface area contributed by atoms with Crippen molar-refractivity contribution in [1.82, 2.24) is 4.98 Å². The molecule has 0 radical (unpaired) electrons. The Morgan fingerprint density at radius 1 is 0.955 bits per heavy atom. The topological polar surface area (TPSA) is 130 Å². The van der Waals surface area contributed by atoms with Gasteiger partial charge in [0.25, 0.3) is 0 Å². The number of rotatable bonds is 3. The second-order valence-corrected chi connectivity index (χ2v) is 4.98. The van der Waals surface area contributed by atoms with Crippen LogP contribution in [0.4, 0.5) is 5.69 Å². The van der Waals surface area contributed by atoms with Crippen LogP contribution in [-0.4, -0.2) is 16.8 Å². The molecule has 0 spiro atoms. The average molecular weight is 292 g/mol. The Bertz CT molecular complexity index is 869. The number of H-pyrrole nitrogens is 1. The number of nitrogens with two attached hydrogens (primary N) is 3. The Morgan fingerprint density at radius 2 is 1.68 bits per heavy atom. The summed E-state index contributed by atoms with van der Waals surface area (Å²) in [7, 11) is 0. The van der Waals surface area contributed by atoms with Crippen molar-refractivity contribution in [1.29, 1.82) is 5.41 Å². The first kappa shape index (κ1) is 13.7. The Morgan fingerprint density at radius 3 is 2.32 bits per heavy atom. The van der Waals surface area contributed by atoms with E-state index in [2.05, 4.69) is 16.0 Å². The van der Waals surface area contributed by atoms with Crippen LogP contribution in [-0.2, 0) is 0 Å². The second kappa shape index (κ2) is 5.25. The van der Waals surface area contributed by atoms with Crippen LogP contribution in [0.15, 0.2) is 53.5 Å². The number of benzene rings is 2. The summed E-state index contributed by atoms with van der Waals surface area (Å²) in [5.74, 6) is 0.0935. The number of nitrogens with zero attached hydrogens (tertiary/aromatic N) is 1. The zero-order valence-electron chi connectivity index (χ0n) is 11.8. The minimum atomic E-state index is 0.0333. The van der Waals surface area contributed by atoms with Gasteiger partial charge in [0, 0.05) is 22.2 Å². The molecule has 3 rings (SSSR count). The minimum Gasteiger partial charge on any atom is -0.384 e. The number of aromatic amines is 1. The van der Waals surface area contributed by atoms with Gasteiger partial charge in [0.15, 0.2) is 5.96 Å². The molecule has 0 unspecified atom stereocenters. The maximum Gasteiger partial charge on any atom is 0.191 e. The van der Waals surface area contributed by atoms with E-state index in [0.29, 0.717) is 11.3 Å². The fourth-order valence-corrected chi connectivity index (χ4v) is 2.32.